The lowest BCUT2D eigenvalue weighted by Crippen LogP contribution is -2.37. The van der Waals surface area contributed by atoms with Crippen molar-refractivity contribution in [3.63, 3.8) is 0 Å². The maximum atomic E-state index is 6.00. The highest BCUT2D eigenvalue weighted by atomic mass is 35.5. The highest BCUT2D eigenvalue weighted by Gasteiger charge is 2.33. The van der Waals surface area contributed by atoms with Crippen molar-refractivity contribution in [1.29, 1.82) is 0 Å². The lowest BCUT2D eigenvalue weighted by molar-refractivity contribution is -0.0840. The van der Waals surface area contributed by atoms with Crippen LogP contribution in [0.25, 0.3) is 0 Å². The zero-order chi connectivity index (χ0) is 19.2. The van der Waals surface area contributed by atoms with Crippen molar-refractivity contribution in [1.82, 2.24) is 5.32 Å². The summed E-state index contributed by atoms with van der Waals surface area (Å²) in [6, 6.07) is 8.56. The highest BCUT2D eigenvalue weighted by molar-refractivity contribution is 6.30. The third kappa shape index (κ3) is 7.21. The van der Waals surface area contributed by atoms with Gasteiger partial charge in [0, 0.05) is 17.7 Å². The first kappa shape index (κ1) is 21.7. The van der Waals surface area contributed by atoms with Crippen LogP contribution in [0.15, 0.2) is 24.3 Å². The maximum Gasteiger partial charge on any atom is 0.0629 e. The molecule has 1 N–H and O–H groups in total. The number of nitrogens with one attached hydrogen (secondary N) is 1. The van der Waals surface area contributed by atoms with Gasteiger partial charge >= 0.3 is 0 Å². The van der Waals surface area contributed by atoms with Crippen molar-refractivity contribution in [3.8, 4) is 0 Å². The molecule has 1 aliphatic heterocycles. The average molecular weight is 380 g/mol. The second-order valence-corrected chi connectivity index (χ2v) is 9.54. The summed E-state index contributed by atoms with van der Waals surface area (Å²) in [5.41, 5.74) is 1.35. The van der Waals surface area contributed by atoms with E-state index in [1.54, 1.807) is 0 Å². The molecule has 1 aromatic rings. The summed E-state index contributed by atoms with van der Waals surface area (Å²) in [7, 11) is 0. The monoisotopic (exact) mass is 379 g/mol. The number of ether oxygens (including phenoxy) is 1. The standard InChI is InChI=1S/C23H38ClNO/c1-17(2)6-7-20(21-13-15-26-23(4,5)16-21)12-14-25-18(3)19-8-10-22(24)11-9-19/h8-11,17-18,20-21,25H,6-7,12-16H2,1-5H3/t18-,20-,21+/m1/s1. The summed E-state index contributed by atoms with van der Waals surface area (Å²) < 4.78 is 5.96. The molecule has 1 heterocycles. The Morgan fingerprint density at radius 3 is 2.42 bits per heavy atom. The van der Waals surface area contributed by atoms with Crippen LogP contribution in [-0.2, 0) is 4.74 Å². The van der Waals surface area contributed by atoms with Crippen LogP contribution in [0.4, 0.5) is 0 Å². The quantitative estimate of drug-likeness (QED) is 0.519. The Labute approximate surface area is 166 Å². The topological polar surface area (TPSA) is 21.3 Å². The van der Waals surface area contributed by atoms with Crippen LogP contribution in [0.1, 0.15) is 78.3 Å². The summed E-state index contributed by atoms with van der Waals surface area (Å²) in [6.45, 7) is 13.4. The maximum absolute atomic E-state index is 6.00. The Morgan fingerprint density at radius 1 is 1.12 bits per heavy atom. The number of rotatable bonds is 9. The predicted octanol–water partition coefficient (Wildman–Crippen LogP) is 6.64. The van der Waals surface area contributed by atoms with Gasteiger partial charge < -0.3 is 10.1 Å². The zero-order valence-corrected chi connectivity index (χ0v) is 18.1. The van der Waals surface area contributed by atoms with E-state index in [4.69, 9.17) is 16.3 Å². The van der Waals surface area contributed by atoms with Crippen LogP contribution in [0.3, 0.4) is 0 Å². The fourth-order valence-corrected chi connectivity index (χ4v) is 4.33. The lowest BCUT2D eigenvalue weighted by atomic mass is 9.75. The molecule has 1 aromatic carbocycles. The van der Waals surface area contributed by atoms with Gasteiger partial charge in [-0.3, -0.25) is 0 Å². The van der Waals surface area contributed by atoms with Crippen LogP contribution in [-0.4, -0.2) is 18.8 Å². The minimum absolute atomic E-state index is 0.0447. The second-order valence-electron chi connectivity index (χ2n) is 9.11. The van der Waals surface area contributed by atoms with Crippen LogP contribution in [0, 0.1) is 17.8 Å². The van der Waals surface area contributed by atoms with Gasteiger partial charge in [0.25, 0.3) is 0 Å². The third-order valence-corrected chi connectivity index (χ3v) is 6.10. The smallest absolute Gasteiger partial charge is 0.0629 e. The molecule has 2 nitrogen and oxygen atoms in total. The van der Waals surface area contributed by atoms with E-state index < -0.39 is 0 Å². The molecule has 0 saturated carbocycles. The van der Waals surface area contributed by atoms with Gasteiger partial charge in [0.1, 0.15) is 0 Å². The molecule has 0 radical (unpaired) electrons. The molecular formula is C23H38ClNO. The summed E-state index contributed by atoms with van der Waals surface area (Å²) in [5.74, 6) is 2.38. The van der Waals surface area contributed by atoms with Crippen LogP contribution in [0.2, 0.25) is 5.02 Å². The summed E-state index contributed by atoms with van der Waals surface area (Å²) in [4.78, 5) is 0. The number of hydrogen-bond acceptors (Lipinski definition) is 2. The normalized spacial score (nSPS) is 22.3. The Morgan fingerprint density at radius 2 is 1.81 bits per heavy atom. The molecule has 0 aliphatic carbocycles. The molecule has 0 amide bonds. The van der Waals surface area contributed by atoms with Gasteiger partial charge in [-0.1, -0.05) is 44.0 Å². The molecule has 0 bridgehead atoms. The van der Waals surface area contributed by atoms with Gasteiger partial charge in [-0.25, -0.2) is 0 Å². The van der Waals surface area contributed by atoms with Gasteiger partial charge in [-0.15, -0.1) is 0 Å². The Hall–Kier alpha value is -0.570. The van der Waals surface area contributed by atoms with Gasteiger partial charge in [0.05, 0.1) is 5.60 Å². The minimum atomic E-state index is 0.0447. The van der Waals surface area contributed by atoms with Crippen LogP contribution < -0.4 is 5.32 Å². The first-order valence-electron chi connectivity index (χ1n) is 10.4. The van der Waals surface area contributed by atoms with E-state index in [9.17, 15) is 0 Å². The predicted molar refractivity (Wildman–Crippen MR) is 113 cm³/mol. The van der Waals surface area contributed by atoms with Gasteiger partial charge in [-0.05, 0) is 88.4 Å². The van der Waals surface area contributed by atoms with Crippen LogP contribution in [0.5, 0.6) is 0 Å². The molecular weight excluding hydrogens is 342 g/mol. The minimum Gasteiger partial charge on any atom is -0.376 e. The number of benzene rings is 1. The molecule has 148 valence electrons. The van der Waals surface area contributed by atoms with Crippen molar-refractivity contribution >= 4 is 11.6 Å². The first-order chi connectivity index (χ1) is 12.3. The highest BCUT2D eigenvalue weighted by Crippen LogP contribution is 2.37. The number of halogens is 1. The Kier molecular flexibility index (Phi) is 8.44. The molecule has 26 heavy (non-hydrogen) atoms. The van der Waals surface area contributed by atoms with Gasteiger partial charge in [-0.2, -0.15) is 0 Å². The summed E-state index contributed by atoms with van der Waals surface area (Å²) in [6.07, 6.45) is 6.34. The van der Waals surface area contributed by atoms with Crippen molar-refractivity contribution < 1.29 is 4.74 Å². The summed E-state index contributed by atoms with van der Waals surface area (Å²) in [5, 5.41) is 4.52. The fourth-order valence-electron chi connectivity index (χ4n) is 4.20. The Bertz CT molecular complexity index is 526. The Balaban J connectivity index is 1.88. The van der Waals surface area contributed by atoms with Crippen molar-refractivity contribution in [2.24, 2.45) is 17.8 Å². The van der Waals surface area contributed by atoms with Gasteiger partial charge in [0.15, 0.2) is 0 Å². The largest absolute Gasteiger partial charge is 0.376 e. The van der Waals surface area contributed by atoms with E-state index >= 15 is 0 Å². The van der Waals surface area contributed by atoms with Crippen LogP contribution >= 0.6 is 11.6 Å². The van der Waals surface area contributed by atoms with E-state index in [2.05, 4.69) is 52.1 Å². The SMILES string of the molecule is CC(C)CC[C@H](CCN[C@H](C)c1ccc(Cl)cc1)[C@H]1CCOC(C)(C)C1. The third-order valence-electron chi connectivity index (χ3n) is 5.85. The molecule has 0 spiro atoms. The van der Waals surface area contributed by atoms with Crippen molar-refractivity contribution in [2.45, 2.75) is 78.4 Å². The molecule has 0 unspecified atom stereocenters. The lowest BCUT2D eigenvalue weighted by Gasteiger charge is -2.39. The van der Waals surface area contributed by atoms with E-state index in [-0.39, 0.29) is 5.60 Å². The van der Waals surface area contributed by atoms with Crippen molar-refractivity contribution in [3.05, 3.63) is 34.9 Å². The zero-order valence-electron chi connectivity index (χ0n) is 17.4. The average Bonchev–Trinajstić information content (AvgIpc) is 2.57. The second kappa shape index (κ2) is 10.1. The van der Waals surface area contributed by atoms with E-state index in [0.29, 0.717) is 6.04 Å². The molecule has 1 saturated heterocycles. The van der Waals surface area contributed by atoms with E-state index in [1.165, 1.54) is 37.7 Å². The fraction of sp³-hybridized carbons (Fsp3) is 0.739. The molecule has 0 aromatic heterocycles. The molecule has 3 atom stereocenters. The summed E-state index contributed by atoms with van der Waals surface area (Å²) >= 11 is 6.00. The van der Waals surface area contributed by atoms with E-state index in [1.807, 2.05) is 12.1 Å². The molecule has 2 rings (SSSR count). The van der Waals surface area contributed by atoms with E-state index in [0.717, 1.165) is 35.9 Å². The van der Waals surface area contributed by atoms with Gasteiger partial charge in [0.2, 0.25) is 0 Å². The van der Waals surface area contributed by atoms with Crippen molar-refractivity contribution in [2.75, 3.05) is 13.2 Å². The molecule has 3 heteroatoms. The number of hydrogen-bond donors (Lipinski definition) is 1. The first-order valence-corrected chi connectivity index (χ1v) is 10.8. The molecule has 1 fully saturated rings. The molecule has 1 aliphatic rings.